The highest BCUT2D eigenvalue weighted by atomic mass is 32.1. The summed E-state index contributed by atoms with van der Waals surface area (Å²) in [5.41, 5.74) is 2.80. The van der Waals surface area contributed by atoms with Crippen molar-refractivity contribution in [3.8, 4) is 0 Å². The van der Waals surface area contributed by atoms with Crippen LogP contribution in [0.15, 0.2) is 35.8 Å². The number of aryl methyl sites for hydroxylation is 1. The Morgan fingerprint density at radius 1 is 1.35 bits per heavy atom. The van der Waals surface area contributed by atoms with Crippen LogP contribution < -0.4 is 5.32 Å². The molecule has 0 saturated heterocycles. The summed E-state index contributed by atoms with van der Waals surface area (Å²) >= 11 is 1.74. The summed E-state index contributed by atoms with van der Waals surface area (Å²) in [6, 6.07) is 8.75. The summed E-state index contributed by atoms with van der Waals surface area (Å²) < 4.78 is 0. The molecule has 2 aromatic rings. The monoisotopic (exact) mass is 244 g/mol. The number of fused-ring (bicyclic) bond motifs is 1. The van der Waals surface area contributed by atoms with Crippen molar-refractivity contribution >= 4 is 11.3 Å². The topological polar surface area (TPSA) is 24.9 Å². The Bertz CT molecular complexity index is 507. The van der Waals surface area contributed by atoms with Crippen molar-refractivity contribution in [2.75, 3.05) is 7.05 Å². The quantitative estimate of drug-likeness (QED) is 0.878. The van der Waals surface area contributed by atoms with Gasteiger partial charge in [0, 0.05) is 11.6 Å². The van der Waals surface area contributed by atoms with Crippen molar-refractivity contribution in [3.05, 3.63) is 52.0 Å². The summed E-state index contributed by atoms with van der Waals surface area (Å²) in [6.07, 6.45) is 5.44. The van der Waals surface area contributed by atoms with Gasteiger partial charge in [-0.1, -0.05) is 24.3 Å². The predicted octanol–water partition coefficient (Wildman–Crippen LogP) is 2.94. The van der Waals surface area contributed by atoms with Gasteiger partial charge in [-0.05, 0) is 37.4 Å². The van der Waals surface area contributed by atoms with Crippen LogP contribution in [0.2, 0.25) is 0 Å². The third-order valence-electron chi connectivity index (χ3n) is 3.70. The van der Waals surface area contributed by atoms with Gasteiger partial charge in [0.2, 0.25) is 0 Å². The molecule has 1 aromatic carbocycles. The van der Waals surface area contributed by atoms with Gasteiger partial charge >= 0.3 is 0 Å². The van der Waals surface area contributed by atoms with E-state index in [0.29, 0.717) is 0 Å². The summed E-state index contributed by atoms with van der Waals surface area (Å²) in [5.74, 6) is 0. The zero-order chi connectivity index (χ0) is 11.7. The second kappa shape index (κ2) is 4.24. The van der Waals surface area contributed by atoms with Crippen molar-refractivity contribution in [2.45, 2.75) is 24.8 Å². The first kappa shape index (κ1) is 10.9. The van der Waals surface area contributed by atoms with Crippen LogP contribution in [0.5, 0.6) is 0 Å². The van der Waals surface area contributed by atoms with Gasteiger partial charge in [-0.3, -0.25) is 0 Å². The smallest absolute Gasteiger partial charge is 0.117 e. The Morgan fingerprint density at radius 2 is 2.24 bits per heavy atom. The maximum absolute atomic E-state index is 4.54. The number of benzene rings is 1. The number of aromatic nitrogens is 1. The Morgan fingerprint density at radius 3 is 3.00 bits per heavy atom. The van der Waals surface area contributed by atoms with E-state index in [2.05, 4.69) is 39.9 Å². The predicted molar refractivity (Wildman–Crippen MR) is 71.3 cm³/mol. The zero-order valence-corrected chi connectivity index (χ0v) is 10.8. The van der Waals surface area contributed by atoms with Crippen molar-refractivity contribution in [2.24, 2.45) is 0 Å². The number of hydrogen-bond acceptors (Lipinski definition) is 3. The van der Waals surface area contributed by atoms with Gasteiger partial charge < -0.3 is 5.32 Å². The first-order valence-electron chi connectivity index (χ1n) is 6.04. The molecule has 88 valence electrons. The molecular formula is C14H16N2S. The van der Waals surface area contributed by atoms with Gasteiger partial charge in [-0.2, -0.15) is 0 Å². The molecule has 1 atom stereocenters. The maximum atomic E-state index is 4.54. The number of thiazole rings is 1. The number of nitrogens with one attached hydrogen (secondary N) is 1. The van der Waals surface area contributed by atoms with Crippen molar-refractivity contribution in [3.63, 3.8) is 0 Å². The van der Waals surface area contributed by atoms with E-state index in [4.69, 9.17) is 0 Å². The normalized spacial score (nSPS) is 23.4. The molecule has 1 aliphatic carbocycles. The average Bonchev–Trinajstić information content (AvgIpc) is 2.92. The average molecular weight is 244 g/mol. The summed E-state index contributed by atoms with van der Waals surface area (Å²) in [6.45, 7) is 0. The molecule has 1 aromatic heterocycles. The third-order valence-corrected chi connectivity index (χ3v) is 4.63. The summed E-state index contributed by atoms with van der Waals surface area (Å²) in [5, 5.41) is 6.77. The van der Waals surface area contributed by atoms with Crippen LogP contribution in [0.25, 0.3) is 0 Å². The van der Waals surface area contributed by atoms with Gasteiger partial charge in [0.05, 0.1) is 5.54 Å². The van der Waals surface area contributed by atoms with Crippen LogP contribution in [0.4, 0.5) is 0 Å². The van der Waals surface area contributed by atoms with Crippen molar-refractivity contribution in [1.82, 2.24) is 10.3 Å². The molecule has 1 heterocycles. The molecule has 0 amide bonds. The summed E-state index contributed by atoms with van der Waals surface area (Å²) in [4.78, 5) is 4.54. The van der Waals surface area contributed by atoms with E-state index >= 15 is 0 Å². The number of hydrogen-bond donors (Lipinski definition) is 1. The molecule has 0 radical (unpaired) electrons. The fraction of sp³-hybridized carbons (Fsp3) is 0.357. The number of rotatable bonds is 2. The lowest BCUT2D eigenvalue weighted by Crippen LogP contribution is -2.43. The molecule has 2 nitrogen and oxygen atoms in total. The molecular weight excluding hydrogens is 228 g/mol. The molecule has 1 aliphatic rings. The highest BCUT2D eigenvalue weighted by molar-refractivity contribution is 7.09. The molecule has 0 bridgehead atoms. The summed E-state index contributed by atoms with van der Waals surface area (Å²) in [7, 11) is 2.05. The molecule has 0 saturated carbocycles. The molecule has 3 rings (SSSR count). The number of nitrogens with zero attached hydrogens (tertiary/aromatic N) is 1. The van der Waals surface area contributed by atoms with Gasteiger partial charge in [-0.25, -0.2) is 4.98 Å². The molecule has 3 heteroatoms. The first-order valence-corrected chi connectivity index (χ1v) is 6.92. The Hall–Kier alpha value is -1.19. The fourth-order valence-corrected chi connectivity index (χ4v) is 3.74. The van der Waals surface area contributed by atoms with E-state index in [1.807, 2.05) is 13.2 Å². The third kappa shape index (κ3) is 1.61. The van der Waals surface area contributed by atoms with Crippen LogP contribution in [-0.4, -0.2) is 12.0 Å². The SMILES string of the molecule is CNC1(c2nccs2)CCCc2ccccc21. The second-order valence-electron chi connectivity index (χ2n) is 4.50. The van der Waals surface area contributed by atoms with E-state index in [1.165, 1.54) is 29.0 Å². The van der Waals surface area contributed by atoms with Gasteiger partial charge in [-0.15, -0.1) is 11.3 Å². The molecule has 17 heavy (non-hydrogen) atoms. The Balaban J connectivity index is 2.19. The van der Waals surface area contributed by atoms with Gasteiger partial charge in [0.15, 0.2) is 0 Å². The minimum absolute atomic E-state index is 0.0665. The first-order chi connectivity index (χ1) is 8.37. The second-order valence-corrected chi connectivity index (χ2v) is 5.40. The highest BCUT2D eigenvalue weighted by Gasteiger charge is 2.38. The Labute approximate surface area is 106 Å². The van der Waals surface area contributed by atoms with E-state index < -0.39 is 0 Å². The fourth-order valence-electron chi connectivity index (χ4n) is 2.86. The van der Waals surface area contributed by atoms with Crippen LogP contribution in [0.1, 0.15) is 29.0 Å². The van der Waals surface area contributed by atoms with Gasteiger partial charge in [0.1, 0.15) is 5.01 Å². The zero-order valence-electron chi connectivity index (χ0n) is 9.94. The molecule has 0 fully saturated rings. The van der Waals surface area contributed by atoms with E-state index in [1.54, 1.807) is 11.3 Å². The van der Waals surface area contributed by atoms with Crippen LogP contribution in [0.3, 0.4) is 0 Å². The maximum Gasteiger partial charge on any atom is 0.117 e. The largest absolute Gasteiger partial charge is 0.305 e. The van der Waals surface area contributed by atoms with E-state index in [0.717, 1.165) is 6.42 Å². The van der Waals surface area contributed by atoms with Gasteiger partial charge in [0.25, 0.3) is 0 Å². The van der Waals surface area contributed by atoms with Crippen LogP contribution in [-0.2, 0) is 12.0 Å². The van der Waals surface area contributed by atoms with Crippen molar-refractivity contribution < 1.29 is 0 Å². The van der Waals surface area contributed by atoms with Crippen LogP contribution in [0, 0.1) is 0 Å². The lowest BCUT2D eigenvalue weighted by molar-refractivity contribution is 0.369. The standard InChI is InChI=1S/C14H16N2S/c1-15-14(13-16-9-10-17-13)8-4-6-11-5-2-3-7-12(11)14/h2-3,5,7,9-10,15H,4,6,8H2,1H3. The lowest BCUT2D eigenvalue weighted by atomic mass is 9.77. The molecule has 0 spiro atoms. The van der Waals surface area contributed by atoms with E-state index in [-0.39, 0.29) is 5.54 Å². The Kier molecular flexibility index (Phi) is 2.73. The minimum Gasteiger partial charge on any atom is -0.305 e. The van der Waals surface area contributed by atoms with Crippen molar-refractivity contribution in [1.29, 1.82) is 0 Å². The molecule has 1 N–H and O–H groups in total. The molecule has 0 aliphatic heterocycles. The minimum atomic E-state index is -0.0665. The lowest BCUT2D eigenvalue weighted by Gasteiger charge is -2.37. The molecule has 1 unspecified atom stereocenters. The highest BCUT2D eigenvalue weighted by Crippen LogP contribution is 2.40. The van der Waals surface area contributed by atoms with E-state index in [9.17, 15) is 0 Å². The van der Waals surface area contributed by atoms with Crippen LogP contribution >= 0.6 is 11.3 Å².